The Bertz CT molecular complexity index is 877. The Labute approximate surface area is 158 Å². The first-order valence-corrected chi connectivity index (χ1v) is 8.44. The van der Waals surface area contributed by atoms with E-state index in [1.54, 1.807) is 6.21 Å². The van der Waals surface area contributed by atoms with E-state index in [4.69, 9.17) is 0 Å². The molecule has 3 rings (SSSR count). The molecule has 28 heavy (non-hydrogen) atoms. The van der Waals surface area contributed by atoms with Crippen LogP contribution in [-0.4, -0.2) is 37.0 Å². The number of urea groups is 1. The molecule has 148 valence electrons. The second-order valence-electron chi connectivity index (χ2n) is 6.04. The highest BCUT2D eigenvalue weighted by Crippen LogP contribution is 2.32. The van der Waals surface area contributed by atoms with Crippen molar-refractivity contribution in [3.8, 4) is 0 Å². The van der Waals surface area contributed by atoms with Crippen molar-refractivity contribution in [2.45, 2.75) is 12.6 Å². The van der Waals surface area contributed by atoms with Crippen molar-refractivity contribution >= 4 is 23.8 Å². The summed E-state index contributed by atoms with van der Waals surface area (Å²) in [5.41, 5.74) is -0.830. The van der Waals surface area contributed by atoms with Gasteiger partial charge < -0.3 is 15.5 Å². The van der Waals surface area contributed by atoms with Gasteiger partial charge in [0.15, 0.2) is 0 Å². The molecule has 0 saturated heterocycles. The zero-order valence-corrected chi connectivity index (χ0v) is 14.6. The number of rotatable bonds is 5. The van der Waals surface area contributed by atoms with Gasteiger partial charge in [0.25, 0.3) is 0 Å². The van der Waals surface area contributed by atoms with Gasteiger partial charge in [0, 0.05) is 30.6 Å². The van der Waals surface area contributed by atoms with E-state index in [2.05, 4.69) is 20.6 Å². The zero-order chi connectivity index (χ0) is 20.1. The molecular formula is C18H17F4N5O. The van der Waals surface area contributed by atoms with Crippen LogP contribution in [0, 0.1) is 5.82 Å². The fourth-order valence-electron chi connectivity index (χ4n) is 2.62. The summed E-state index contributed by atoms with van der Waals surface area (Å²) >= 11 is 0. The molecule has 6 nitrogen and oxygen atoms in total. The number of alkyl halides is 3. The molecule has 10 heteroatoms. The van der Waals surface area contributed by atoms with Gasteiger partial charge in [0.2, 0.25) is 0 Å². The van der Waals surface area contributed by atoms with Crippen molar-refractivity contribution in [2.75, 3.05) is 30.0 Å². The standard InChI is InChI=1S/C18H17F4N5O/c19-15-5-4-13(10-14(15)18(20,21)22)26-17(28)24-7-6-12-2-1-3-16(25-12)27-9-8-23-11-27/h1-5,8,10H,6-7,9,11H2,(H2,24,26,28). The quantitative estimate of drug-likeness (QED) is 0.762. The minimum Gasteiger partial charge on any atom is -0.337 e. The number of carbonyl (C=O) groups excluding carboxylic acids is 1. The molecule has 0 unspecified atom stereocenters. The third kappa shape index (κ3) is 4.96. The normalized spacial score (nSPS) is 13.6. The second kappa shape index (κ2) is 8.24. The number of anilines is 2. The second-order valence-corrected chi connectivity index (χ2v) is 6.04. The summed E-state index contributed by atoms with van der Waals surface area (Å²) in [4.78, 5) is 22.5. The van der Waals surface area contributed by atoms with Gasteiger partial charge in [-0.2, -0.15) is 13.2 Å². The van der Waals surface area contributed by atoms with Crippen LogP contribution in [0.5, 0.6) is 0 Å². The van der Waals surface area contributed by atoms with Crippen molar-refractivity contribution < 1.29 is 22.4 Å². The van der Waals surface area contributed by atoms with Crippen molar-refractivity contribution in [3.63, 3.8) is 0 Å². The number of aromatic nitrogens is 1. The predicted molar refractivity (Wildman–Crippen MR) is 97.1 cm³/mol. The lowest BCUT2D eigenvalue weighted by atomic mass is 10.2. The number of amides is 2. The molecule has 1 aliphatic heterocycles. The van der Waals surface area contributed by atoms with Gasteiger partial charge in [-0.05, 0) is 30.3 Å². The Morgan fingerprint density at radius 3 is 2.75 bits per heavy atom. The van der Waals surface area contributed by atoms with Crippen molar-refractivity contribution in [1.82, 2.24) is 10.3 Å². The molecule has 2 N–H and O–H groups in total. The third-order valence-corrected chi connectivity index (χ3v) is 4.00. The smallest absolute Gasteiger partial charge is 0.337 e. The summed E-state index contributed by atoms with van der Waals surface area (Å²) in [6.07, 6.45) is -2.59. The molecule has 0 aliphatic carbocycles. The zero-order valence-electron chi connectivity index (χ0n) is 14.6. The van der Waals surface area contributed by atoms with Gasteiger partial charge in [-0.1, -0.05) is 6.07 Å². The monoisotopic (exact) mass is 395 g/mol. The highest BCUT2D eigenvalue weighted by atomic mass is 19.4. The average Bonchev–Trinajstić information content (AvgIpc) is 3.17. The summed E-state index contributed by atoms with van der Waals surface area (Å²) in [7, 11) is 0. The Kier molecular flexibility index (Phi) is 5.76. The number of hydrogen-bond donors (Lipinski definition) is 2. The maximum absolute atomic E-state index is 13.3. The third-order valence-electron chi connectivity index (χ3n) is 4.00. The largest absolute Gasteiger partial charge is 0.419 e. The molecule has 2 heterocycles. The highest BCUT2D eigenvalue weighted by Gasteiger charge is 2.34. The summed E-state index contributed by atoms with van der Waals surface area (Å²) in [5, 5.41) is 4.80. The SMILES string of the molecule is O=C(NCCc1cccc(N2CC=NC2)n1)Nc1ccc(F)c(C(F)(F)F)c1. The Morgan fingerprint density at radius 2 is 2.04 bits per heavy atom. The fourth-order valence-corrected chi connectivity index (χ4v) is 2.62. The van der Waals surface area contributed by atoms with Crippen LogP contribution in [0.4, 0.5) is 33.9 Å². The first-order valence-electron chi connectivity index (χ1n) is 8.44. The number of nitrogens with zero attached hydrogens (tertiary/aromatic N) is 3. The van der Waals surface area contributed by atoms with Crippen LogP contribution in [-0.2, 0) is 12.6 Å². The molecule has 0 bridgehead atoms. The summed E-state index contributed by atoms with van der Waals surface area (Å²) in [6.45, 7) is 1.47. The number of halogens is 4. The van der Waals surface area contributed by atoms with Crippen LogP contribution >= 0.6 is 0 Å². The van der Waals surface area contributed by atoms with Crippen LogP contribution in [0.3, 0.4) is 0 Å². The van der Waals surface area contributed by atoms with E-state index in [0.29, 0.717) is 31.8 Å². The lowest BCUT2D eigenvalue weighted by molar-refractivity contribution is -0.139. The Morgan fingerprint density at radius 1 is 1.21 bits per heavy atom. The lowest BCUT2D eigenvalue weighted by Gasteiger charge is -2.16. The van der Waals surface area contributed by atoms with Gasteiger partial charge in [0.05, 0.1) is 12.1 Å². The van der Waals surface area contributed by atoms with Crippen LogP contribution in [0.15, 0.2) is 41.4 Å². The minimum atomic E-state index is -4.84. The molecule has 0 spiro atoms. The maximum atomic E-state index is 13.3. The van der Waals surface area contributed by atoms with Crippen LogP contribution < -0.4 is 15.5 Å². The molecule has 0 saturated carbocycles. The van der Waals surface area contributed by atoms with Crippen LogP contribution in [0.2, 0.25) is 0 Å². The number of carbonyl (C=O) groups is 1. The number of hydrogen-bond acceptors (Lipinski definition) is 4. The molecule has 0 fully saturated rings. The van der Waals surface area contributed by atoms with E-state index >= 15 is 0 Å². The molecule has 1 aromatic carbocycles. The van der Waals surface area contributed by atoms with E-state index in [9.17, 15) is 22.4 Å². The van der Waals surface area contributed by atoms with Gasteiger partial charge in [-0.25, -0.2) is 14.2 Å². The number of nitrogens with one attached hydrogen (secondary N) is 2. The molecule has 0 atom stereocenters. The number of pyridine rings is 1. The van der Waals surface area contributed by atoms with Gasteiger partial charge in [0.1, 0.15) is 18.3 Å². The van der Waals surface area contributed by atoms with Crippen molar-refractivity contribution in [3.05, 3.63) is 53.5 Å². The minimum absolute atomic E-state index is 0.152. The average molecular weight is 395 g/mol. The summed E-state index contributed by atoms with van der Waals surface area (Å²) in [5.74, 6) is -0.613. The van der Waals surface area contributed by atoms with E-state index in [0.717, 1.165) is 17.6 Å². The summed E-state index contributed by atoms with van der Waals surface area (Å²) < 4.78 is 51.4. The van der Waals surface area contributed by atoms with E-state index in [1.807, 2.05) is 23.1 Å². The lowest BCUT2D eigenvalue weighted by Crippen LogP contribution is -2.30. The Balaban J connectivity index is 1.52. The molecule has 2 aromatic rings. The van der Waals surface area contributed by atoms with Crippen LogP contribution in [0.25, 0.3) is 0 Å². The first kappa shape index (κ1) is 19.6. The molecule has 2 amide bonds. The Hall–Kier alpha value is -3.17. The topological polar surface area (TPSA) is 69.6 Å². The number of aliphatic imine (C=N–C) groups is 1. The first-order chi connectivity index (χ1) is 13.3. The van der Waals surface area contributed by atoms with Gasteiger partial charge in [-0.3, -0.25) is 4.99 Å². The van der Waals surface area contributed by atoms with E-state index in [-0.39, 0.29) is 12.2 Å². The number of benzene rings is 1. The fraction of sp³-hybridized carbons (Fsp3) is 0.278. The van der Waals surface area contributed by atoms with Crippen molar-refractivity contribution in [1.29, 1.82) is 0 Å². The maximum Gasteiger partial charge on any atom is 0.419 e. The highest BCUT2D eigenvalue weighted by molar-refractivity contribution is 5.89. The predicted octanol–water partition coefficient (Wildman–Crippen LogP) is 3.45. The molecular weight excluding hydrogens is 378 g/mol. The van der Waals surface area contributed by atoms with Gasteiger partial charge >= 0.3 is 12.2 Å². The molecule has 0 radical (unpaired) electrons. The van der Waals surface area contributed by atoms with Gasteiger partial charge in [-0.15, -0.1) is 0 Å². The molecule has 1 aliphatic rings. The molecule has 1 aromatic heterocycles. The van der Waals surface area contributed by atoms with E-state index < -0.39 is 23.6 Å². The van der Waals surface area contributed by atoms with Crippen molar-refractivity contribution in [2.24, 2.45) is 4.99 Å². The summed E-state index contributed by atoms with van der Waals surface area (Å²) in [6, 6.07) is 7.12. The van der Waals surface area contributed by atoms with E-state index in [1.165, 1.54) is 0 Å². The van der Waals surface area contributed by atoms with Crippen LogP contribution in [0.1, 0.15) is 11.3 Å².